The number of likely N-dealkylation sites (tertiary alicyclic amines) is 2. The molecule has 0 unspecified atom stereocenters. The molecule has 3 atom stereocenters. The molecule has 0 radical (unpaired) electrons. The Kier molecular flexibility index (Phi) is 14.6. The normalized spacial score (nSPS) is 17.4. The summed E-state index contributed by atoms with van der Waals surface area (Å²) in [5.41, 5.74) is 0.838. The van der Waals surface area contributed by atoms with Crippen LogP contribution in [-0.4, -0.2) is 116 Å². The number of nitro benzene ring substituents is 3. The van der Waals surface area contributed by atoms with Gasteiger partial charge in [-0.15, -0.1) is 4.99 Å². The molecule has 5 amide bonds. The summed E-state index contributed by atoms with van der Waals surface area (Å²) in [4.78, 5) is 105. The molecule has 2 aliphatic heterocycles. The third kappa shape index (κ3) is 11.7. The van der Waals surface area contributed by atoms with Gasteiger partial charge in [-0.05, 0) is 53.8 Å². The number of nitro groups is 3. The number of benzene rings is 3. The first-order valence-corrected chi connectivity index (χ1v) is 18.8. The number of carbonyl (C=O) groups is 5. The first-order valence-electron chi connectivity index (χ1n) is 18.2. The molecule has 0 spiro atoms. The summed E-state index contributed by atoms with van der Waals surface area (Å²) >= 11 is 4.52. The van der Waals surface area contributed by atoms with Gasteiger partial charge in [-0.2, -0.15) is 12.6 Å². The third-order valence-corrected chi connectivity index (χ3v) is 9.84. The molecule has 3 aromatic carbocycles. The van der Waals surface area contributed by atoms with Gasteiger partial charge in [0, 0.05) is 74.4 Å². The fourth-order valence-electron chi connectivity index (χ4n) is 6.43. The van der Waals surface area contributed by atoms with Crippen molar-refractivity contribution >= 4 is 65.6 Å². The highest BCUT2D eigenvalue weighted by molar-refractivity contribution is 7.81. The van der Waals surface area contributed by atoms with Crippen molar-refractivity contribution < 1.29 is 48.2 Å². The summed E-state index contributed by atoms with van der Waals surface area (Å²) in [5.74, 6) is -1.86. The van der Waals surface area contributed by atoms with Gasteiger partial charge in [0.05, 0.1) is 21.2 Å². The maximum absolute atomic E-state index is 13.7. The number of aliphatic imine (C=N–C) groups is 1. The minimum absolute atomic E-state index is 0.0786. The number of hydrogen-bond donors (Lipinski definition) is 3. The summed E-state index contributed by atoms with van der Waals surface area (Å²) < 4.78 is 10.5. The van der Waals surface area contributed by atoms with Crippen molar-refractivity contribution in [2.45, 2.75) is 49.8 Å². The van der Waals surface area contributed by atoms with Crippen LogP contribution in [-0.2, 0) is 43.5 Å². The van der Waals surface area contributed by atoms with Crippen LogP contribution in [0, 0.1) is 30.3 Å². The predicted molar refractivity (Wildman–Crippen MR) is 213 cm³/mol. The van der Waals surface area contributed by atoms with E-state index in [9.17, 15) is 54.3 Å². The van der Waals surface area contributed by atoms with Crippen molar-refractivity contribution in [1.82, 2.24) is 25.3 Å². The lowest BCUT2D eigenvalue weighted by Crippen LogP contribution is -2.51. The second-order valence-electron chi connectivity index (χ2n) is 13.6. The monoisotopic (exact) mass is 849 g/mol. The van der Waals surface area contributed by atoms with Gasteiger partial charge < -0.3 is 29.9 Å². The molecule has 316 valence electrons. The van der Waals surface area contributed by atoms with Crippen molar-refractivity contribution in [3.63, 3.8) is 0 Å². The highest BCUT2D eigenvalue weighted by atomic mass is 32.1. The van der Waals surface area contributed by atoms with E-state index in [1.807, 2.05) is 0 Å². The van der Waals surface area contributed by atoms with Crippen LogP contribution in [0.15, 0.2) is 77.8 Å². The Labute approximate surface area is 346 Å². The van der Waals surface area contributed by atoms with E-state index in [-0.39, 0.29) is 73.4 Å². The molecule has 60 heavy (non-hydrogen) atoms. The molecular weight excluding hydrogens is 811 g/mol. The van der Waals surface area contributed by atoms with E-state index < -0.39 is 57.5 Å². The Morgan fingerprint density at radius 3 is 1.83 bits per heavy atom. The van der Waals surface area contributed by atoms with Crippen LogP contribution in [0.2, 0.25) is 0 Å². The van der Waals surface area contributed by atoms with Crippen molar-refractivity contribution in [3.8, 4) is 0 Å². The van der Waals surface area contributed by atoms with E-state index in [1.54, 1.807) is 0 Å². The number of hydrogen-bond acceptors (Lipinski definition) is 14. The van der Waals surface area contributed by atoms with Crippen LogP contribution in [0.4, 0.5) is 26.7 Å². The Morgan fingerprint density at radius 1 is 0.800 bits per heavy atom. The molecular formula is C37H39N9O13S. The molecule has 2 fully saturated rings. The van der Waals surface area contributed by atoms with Gasteiger partial charge in [0.15, 0.2) is 0 Å². The molecule has 2 saturated heterocycles. The van der Waals surface area contributed by atoms with Gasteiger partial charge in [-0.1, -0.05) is 12.1 Å². The first-order chi connectivity index (χ1) is 28.6. The van der Waals surface area contributed by atoms with Crippen LogP contribution in [0.3, 0.4) is 0 Å². The van der Waals surface area contributed by atoms with Crippen LogP contribution < -0.4 is 10.6 Å². The fourth-order valence-corrected chi connectivity index (χ4v) is 6.81. The predicted octanol–water partition coefficient (Wildman–Crippen LogP) is 3.12. The van der Waals surface area contributed by atoms with Crippen LogP contribution in [0.1, 0.15) is 29.5 Å². The molecule has 23 heteroatoms. The standard InChI is InChI=1S/C37H39N9O13S/c1-38-35(40-36(50)58-21-24-4-10-28(11-5-24)45(54)55)43(37(51)59-22-25-6-12-29(13-7-25)46(56)57)20-32(47)39-26-14-15-41(18-26)34(49)31-17-30(60)19-42(31)33(48)16-23-2-8-27(9-3-23)44(52)53/h2-13,26,30-31,60H,14-22H2,1H3,(H,39,47)(H,38,40,50)/t26-,30-,31-/m0/s1. The topological polar surface area (TPSA) is 279 Å². The quantitative estimate of drug-likeness (QED) is 0.0733. The minimum Gasteiger partial charge on any atom is -0.444 e. The van der Waals surface area contributed by atoms with Crippen molar-refractivity contribution in [2.24, 2.45) is 4.99 Å². The smallest absolute Gasteiger partial charge is 0.437 e. The largest absolute Gasteiger partial charge is 0.444 e. The molecule has 0 aromatic heterocycles. The molecule has 0 bridgehead atoms. The summed E-state index contributed by atoms with van der Waals surface area (Å²) in [7, 11) is 1.32. The van der Waals surface area contributed by atoms with Crippen molar-refractivity contribution in [2.75, 3.05) is 33.2 Å². The molecule has 5 rings (SSSR count). The minimum atomic E-state index is -1.19. The maximum atomic E-state index is 13.7. The van der Waals surface area contributed by atoms with Gasteiger partial charge in [0.25, 0.3) is 17.1 Å². The zero-order valence-corrected chi connectivity index (χ0v) is 32.8. The van der Waals surface area contributed by atoms with Gasteiger partial charge in [0.1, 0.15) is 25.8 Å². The Morgan fingerprint density at radius 2 is 1.32 bits per heavy atom. The summed E-state index contributed by atoms with van der Waals surface area (Å²) in [5, 5.41) is 38.1. The van der Waals surface area contributed by atoms with E-state index in [4.69, 9.17) is 9.47 Å². The molecule has 0 saturated carbocycles. The number of guanidine groups is 1. The van der Waals surface area contributed by atoms with Crippen LogP contribution in [0.25, 0.3) is 0 Å². The highest BCUT2D eigenvalue weighted by Gasteiger charge is 2.42. The molecule has 0 aliphatic carbocycles. The Hall–Kier alpha value is -7.17. The number of non-ortho nitro benzene ring substituents is 3. The number of thiol groups is 1. The van der Waals surface area contributed by atoms with E-state index in [0.717, 1.165) is 4.90 Å². The van der Waals surface area contributed by atoms with Crippen LogP contribution in [0.5, 0.6) is 0 Å². The molecule has 22 nitrogen and oxygen atoms in total. The highest BCUT2D eigenvalue weighted by Crippen LogP contribution is 2.26. The molecule has 3 aromatic rings. The third-order valence-electron chi connectivity index (χ3n) is 9.47. The van der Waals surface area contributed by atoms with E-state index in [0.29, 0.717) is 29.5 Å². The number of ether oxygens (including phenoxy) is 2. The Bertz CT molecular complexity index is 2150. The number of rotatable bonds is 13. The lowest BCUT2D eigenvalue weighted by molar-refractivity contribution is -0.385. The van der Waals surface area contributed by atoms with Crippen molar-refractivity contribution in [3.05, 3.63) is 120 Å². The SMILES string of the molecule is CNC(=NC(=O)OCc1ccc([N+](=O)[O-])cc1)N(CC(=O)N[C@H]1CCN(C(=O)[C@@H]2C[C@H](S)CN2C(=O)Cc2ccc([N+](=O)[O-])cc2)C1)C(=O)OCc1ccc([N+](=O)[O-])cc1. The van der Waals surface area contributed by atoms with Gasteiger partial charge >= 0.3 is 12.2 Å². The summed E-state index contributed by atoms with van der Waals surface area (Å²) in [6.45, 7) is -0.899. The molecule has 2 aliphatic rings. The molecule has 2 heterocycles. The second-order valence-corrected chi connectivity index (χ2v) is 14.3. The number of amides is 5. The van der Waals surface area contributed by atoms with E-state index in [2.05, 4.69) is 28.3 Å². The number of nitrogens with one attached hydrogen (secondary N) is 2. The zero-order valence-electron chi connectivity index (χ0n) is 31.9. The van der Waals surface area contributed by atoms with Gasteiger partial charge in [-0.3, -0.25) is 44.7 Å². The van der Waals surface area contributed by atoms with E-state index >= 15 is 0 Å². The van der Waals surface area contributed by atoms with Gasteiger partial charge in [-0.25, -0.2) is 14.5 Å². The second kappa shape index (κ2) is 20.0. The van der Waals surface area contributed by atoms with E-state index in [1.165, 1.54) is 89.6 Å². The van der Waals surface area contributed by atoms with Gasteiger partial charge in [0.2, 0.25) is 23.7 Å². The average molecular weight is 850 g/mol. The average Bonchev–Trinajstić information content (AvgIpc) is 3.87. The number of nitrogens with zero attached hydrogens (tertiary/aromatic N) is 7. The maximum Gasteiger partial charge on any atom is 0.437 e. The lowest BCUT2D eigenvalue weighted by atomic mass is 10.1. The first kappa shape index (κ1) is 43.9. The molecule has 2 N–H and O–H groups in total. The van der Waals surface area contributed by atoms with Crippen LogP contribution >= 0.6 is 12.6 Å². The number of carbonyl (C=O) groups excluding carboxylic acids is 5. The summed E-state index contributed by atoms with van der Waals surface area (Å²) in [6, 6.07) is 14.5. The lowest BCUT2D eigenvalue weighted by Gasteiger charge is -2.28. The zero-order chi connectivity index (χ0) is 43.5. The fraction of sp³-hybridized carbons (Fsp3) is 0.351. The van der Waals surface area contributed by atoms with Crippen molar-refractivity contribution in [1.29, 1.82) is 0 Å². The Balaban J connectivity index is 1.22. The summed E-state index contributed by atoms with van der Waals surface area (Å²) in [6.07, 6.45) is -1.78.